The van der Waals surface area contributed by atoms with E-state index in [0.29, 0.717) is 25.3 Å². The van der Waals surface area contributed by atoms with E-state index in [4.69, 9.17) is 4.74 Å². The number of ether oxygens (including phenoxy) is 1. The first kappa shape index (κ1) is 19.1. The number of fused-ring (bicyclic) bond motifs is 1. The molecule has 3 heterocycles. The average Bonchev–Trinajstić information content (AvgIpc) is 3.15. The smallest absolute Gasteiger partial charge is 0.326 e. The van der Waals surface area contributed by atoms with Crippen LogP contribution in [-0.2, 0) is 4.79 Å². The third kappa shape index (κ3) is 4.13. The molecule has 29 heavy (non-hydrogen) atoms. The first-order valence-electron chi connectivity index (χ1n) is 10.0. The number of dihydropyridines is 1. The highest BCUT2D eigenvalue weighted by molar-refractivity contribution is 5.91. The summed E-state index contributed by atoms with van der Waals surface area (Å²) >= 11 is 0. The molecule has 1 aromatic rings. The van der Waals surface area contributed by atoms with Crippen molar-refractivity contribution in [3.63, 3.8) is 0 Å². The minimum atomic E-state index is -0.173. The maximum atomic E-state index is 12.5. The lowest BCUT2D eigenvalue weighted by Gasteiger charge is -2.40. The van der Waals surface area contributed by atoms with Gasteiger partial charge in [-0.2, -0.15) is 0 Å². The second-order valence-electron chi connectivity index (χ2n) is 7.63. The first-order valence-corrected chi connectivity index (χ1v) is 10.0. The quantitative estimate of drug-likeness (QED) is 0.805. The van der Waals surface area contributed by atoms with Crippen LogP contribution in [0.1, 0.15) is 20.3 Å². The molecule has 0 aliphatic carbocycles. The summed E-state index contributed by atoms with van der Waals surface area (Å²) in [6.07, 6.45) is 8.43. The molecule has 152 valence electrons. The number of anilines is 1. The Kier molecular flexibility index (Phi) is 5.29. The lowest BCUT2D eigenvalue weighted by atomic mass is 10.0. The van der Waals surface area contributed by atoms with E-state index in [9.17, 15) is 9.59 Å². The fourth-order valence-electron chi connectivity index (χ4n) is 3.45. The van der Waals surface area contributed by atoms with Gasteiger partial charge in [0.15, 0.2) is 0 Å². The van der Waals surface area contributed by atoms with Gasteiger partial charge in [-0.05, 0) is 47.9 Å². The molecule has 0 radical (unpaired) electrons. The zero-order valence-corrected chi connectivity index (χ0v) is 16.7. The molecular weight excluding hydrogens is 368 g/mol. The Morgan fingerprint density at radius 3 is 2.72 bits per heavy atom. The Morgan fingerprint density at radius 2 is 2.03 bits per heavy atom. The third-order valence-electron chi connectivity index (χ3n) is 5.49. The van der Waals surface area contributed by atoms with E-state index in [1.807, 2.05) is 67.7 Å². The first-order chi connectivity index (χ1) is 14.0. The number of hydrogen-bond acceptors (Lipinski definition) is 4. The van der Waals surface area contributed by atoms with E-state index in [1.54, 1.807) is 4.90 Å². The molecule has 1 fully saturated rings. The molecule has 2 N–H and O–H groups in total. The summed E-state index contributed by atoms with van der Waals surface area (Å²) in [7, 11) is 0. The van der Waals surface area contributed by atoms with Crippen LogP contribution in [-0.4, -0.2) is 47.5 Å². The molecule has 4 rings (SSSR count). The highest BCUT2D eigenvalue weighted by Crippen LogP contribution is 2.25. The van der Waals surface area contributed by atoms with Crippen molar-refractivity contribution in [2.45, 2.75) is 26.4 Å². The number of carbonyl (C=O) groups is 2. The Bertz CT molecular complexity index is 882. The van der Waals surface area contributed by atoms with Crippen LogP contribution in [0.4, 0.5) is 10.5 Å². The highest BCUT2D eigenvalue weighted by atomic mass is 16.5. The van der Waals surface area contributed by atoms with Gasteiger partial charge in [0.2, 0.25) is 5.91 Å². The molecule has 7 nitrogen and oxygen atoms in total. The van der Waals surface area contributed by atoms with Gasteiger partial charge in [0.1, 0.15) is 11.9 Å². The van der Waals surface area contributed by atoms with Crippen molar-refractivity contribution in [2.24, 2.45) is 5.92 Å². The van der Waals surface area contributed by atoms with Crippen LogP contribution < -0.4 is 15.4 Å². The van der Waals surface area contributed by atoms with Crippen molar-refractivity contribution < 1.29 is 14.3 Å². The topological polar surface area (TPSA) is 73.9 Å². The Hall–Kier alpha value is -3.22. The zero-order valence-electron chi connectivity index (χ0n) is 16.7. The minimum absolute atomic E-state index is 0.0259. The fourth-order valence-corrected chi connectivity index (χ4v) is 3.45. The summed E-state index contributed by atoms with van der Waals surface area (Å²) in [6.45, 7) is 5.79. The van der Waals surface area contributed by atoms with Crippen molar-refractivity contribution in [1.82, 2.24) is 15.1 Å². The number of carbonyl (C=O) groups excluding carboxylic acids is 2. The molecule has 1 aromatic carbocycles. The minimum Gasteiger partial charge on any atom is -0.487 e. The number of nitrogens with zero attached hydrogens (tertiary/aromatic N) is 2. The molecule has 0 saturated carbocycles. The summed E-state index contributed by atoms with van der Waals surface area (Å²) in [5, 5.41) is 5.94. The zero-order chi connectivity index (χ0) is 20.4. The van der Waals surface area contributed by atoms with Gasteiger partial charge in [0.25, 0.3) is 0 Å². The van der Waals surface area contributed by atoms with Gasteiger partial charge in [0, 0.05) is 30.2 Å². The third-order valence-corrected chi connectivity index (χ3v) is 5.49. The van der Waals surface area contributed by atoms with E-state index in [0.717, 1.165) is 23.3 Å². The molecule has 3 amide bonds. The Labute approximate surface area is 170 Å². The number of hydrogen-bond donors (Lipinski definition) is 2. The molecule has 3 aliphatic rings. The van der Waals surface area contributed by atoms with E-state index in [-0.39, 0.29) is 24.0 Å². The maximum Gasteiger partial charge on any atom is 0.326 e. The monoisotopic (exact) mass is 394 g/mol. The van der Waals surface area contributed by atoms with Crippen LogP contribution in [0.3, 0.4) is 0 Å². The van der Waals surface area contributed by atoms with Crippen LogP contribution in [0.2, 0.25) is 0 Å². The van der Waals surface area contributed by atoms with Crippen LogP contribution in [0, 0.1) is 5.92 Å². The van der Waals surface area contributed by atoms with E-state index < -0.39 is 0 Å². The van der Waals surface area contributed by atoms with Gasteiger partial charge < -0.3 is 20.3 Å². The van der Waals surface area contributed by atoms with Crippen molar-refractivity contribution in [3.05, 3.63) is 60.1 Å². The molecule has 1 saturated heterocycles. The van der Waals surface area contributed by atoms with Crippen LogP contribution in [0.15, 0.2) is 60.1 Å². The van der Waals surface area contributed by atoms with Gasteiger partial charge in [-0.25, -0.2) is 4.79 Å². The number of likely N-dealkylation sites (tertiary alicyclic amines) is 1. The van der Waals surface area contributed by atoms with Crippen molar-refractivity contribution in [2.75, 3.05) is 25.0 Å². The SMILES string of the molecule is CCC(C)C(=O)N1CC(Oc2ccc(NC(=O)N3C=C4C=CNC=C4C3)cc2)C1. The van der Waals surface area contributed by atoms with Gasteiger partial charge in [0.05, 0.1) is 19.6 Å². The highest BCUT2D eigenvalue weighted by Gasteiger charge is 2.33. The van der Waals surface area contributed by atoms with Gasteiger partial charge in [-0.1, -0.05) is 13.8 Å². The summed E-state index contributed by atoms with van der Waals surface area (Å²) in [4.78, 5) is 28.1. The Balaban J connectivity index is 1.26. The van der Waals surface area contributed by atoms with Crippen molar-refractivity contribution in [3.8, 4) is 5.75 Å². The molecule has 0 aromatic heterocycles. The molecule has 3 aliphatic heterocycles. The molecular formula is C22H26N4O3. The predicted molar refractivity (Wildman–Crippen MR) is 111 cm³/mol. The van der Waals surface area contributed by atoms with E-state index in [1.165, 1.54) is 0 Å². The molecule has 1 atom stereocenters. The van der Waals surface area contributed by atoms with Crippen LogP contribution in [0.25, 0.3) is 0 Å². The number of nitrogens with one attached hydrogen (secondary N) is 2. The molecule has 0 bridgehead atoms. The van der Waals surface area contributed by atoms with Gasteiger partial charge in [-0.15, -0.1) is 0 Å². The summed E-state index contributed by atoms with van der Waals surface area (Å²) in [5.74, 6) is 1.00. The average molecular weight is 394 g/mol. The lowest BCUT2D eigenvalue weighted by molar-refractivity contribution is -0.144. The number of benzene rings is 1. The lowest BCUT2D eigenvalue weighted by Crippen LogP contribution is -2.57. The summed E-state index contributed by atoms with van der Waals surface area (Å²) in [6, 6.07) is 7.15. The van der Waals surface area contributed by atoms with Gasteiger partial charge >= 0.3 is 6.03 Å². The number of rotatable bonds is 5. The van der Waals surface area contributed by atoms with Crippen LogP contribution in [0.5, 0.6) is 5.75 Å². The number of allylic oxidation sites excluding steroid dienone is 1. The van der Waals surface area contributed by atoms with E-state index >= 15 is 0 Å². The molecule has 1 unspecified atom stereocenters. The Morgan fingerprint density at radius 1 is 1.28 bits per heavy atom. The fraction of sp³-hybridized carbons (Fsp3) is 0.364. The maximum absolute atomic E-state index is 12.5. The standard InChI is InChI=1S/C22H26N4O3/c1-3-15(2)21(27)25-13-20(14-25)29-19-6-4-18(5-7-19)24-22(28)26-11-16-8-9-23-10-17(16)12-26/h4-11,15,20,23H,3,12-14H2,1-2H3,(H,24,28). The number of amides is 3. The summed E-state index contributed by atoms with van der Waals surface area (Å²) < 4.78 is 5.92. The van der Waals surface area contributed by atoms with Gasteiger partial charge in [-0.3, -0.25) is 9.69 Å². The van der Waals surface area contributed by atoms with Crippen molar-refractivity contribution in [1.29, 1.82) is 0 Å². The van der Waals surface area contributed by atoms with Crippen molar-refractivity contribution >= 4 is 17.6 Å². The summed E-state index contributed by atoms with van der Waals surface area (Å²) in [5.41, 5.74) is 2.84. The largest absolute Gasteiger partial charge is 0.487 e. The second-order valence-corrected chi connectivity index (χ2v) is 7.63. The second kappa shape index (κ2) is 8.03. The van der Waals surface area contributed by atoms with Crippen LogP contribution >= 0.6 is 0 Å². The predicted octanol–water partition coefficient (Wildman–Crippen LogP) is 3.05. The molecule has 0 spiro atoms. The normalized spacial score (nSPS) is 18.8. The molecule has 7 heteroatoms. The van der Waals surface area contributed by atoms with E-state index in [2.05, 4.69) is 10.6 Å². The number of urea groups is 1.